The summed E-state index contributed by atoms with van der Waals surface area (Å²) < 4.78 is 0. The second-order valence-electron chi connectivity index (χ2n) is 4.89. The van der Waals surface area contributed by atoms with Crippen LogP contribution in [0.2, 0.25) is 0 Å². The minimum absolute atomic E-state index is 0.0451. The van der Waals surface area contributed by atoms with E-state index in [9.17, 15) is 9.59 Å². The highest BCUT2D eigenvalue weighted by atomic mass is 16.1. The van der Waals surface area contributed by atoms with E-state index in [0.29, 0.717) is 18.8 Å². The molecule has 2 heterocycles. The first-order valence-electron chi connectivity index (χ1n) is 5.70. The number of nitrogens with one attached hydrogen (secondary N) is 1. The summed E-state index contributed by atoms with van der Waals surface area (Å²) in [5.41, 5.74) is 5.48. The first-order chi connectivity index (χ1) is 8.01. The van der Waals surface area contributed by atoms with Crippen molar-refractivity contribution in [3.8, 4) is 0 Å². The highest BCUT2D eigenvalue weighted by Crippen LogP contribution is 2.29. The van der Waals surface area contributed by atoms with Crippen LogP contribution in [0.1, 0.15) is 23.8 Å². The number of H-pyrrole nitrogens is 1. The second kappa shape index (κ2) is 4.33. The number of hydrogen-bond acceptors (Lipinski definition) is 3. The average Bonchev–Trinajstić information content (AvgIpc) is 2.88. The summed E-state index contributed by atoms with van der Waals surface area (Å²) in [7, 11) is 0. The van der Waals surface area contributed by atoms with E-state index >= 15 is 0 Å². The molecule has 1 aliphatic rings. The lowest BCUT2D eigenvalue weighted by Crippen LogP contribution is -2.38. The van der Waals surface area contributed by atoms with Crippen molar-refractivity contribution in [2.75, 3.05) is 19.6 Å². The summed E-state index contributed by atoms with van der Waals surface area (Å²) >= 11 is 0. The Morgan fingerprint density at radius 3 is 2.88 bits per heavy atom. The Bertz CT molecular complexity index is 427. The molecule has 17 heavy (non-hydrogen) atoms. The van der Waals surface area contributed by atoms with Crippen molar-refractivity contribution in [3.05, 3.63) is 24.0 Å². The molecule has 1 unspecified atom stereocenters. The lowest BCUT2D eigenvalue weighted by atomic mass is 9.89. The van der Waals surface area contributed by atoms with Crippen LogP contribution in [0.4, 0.5) is 0 Å². The molecule has 92 valence electrons. The van der Waals surface area contributed by atoms with E-state index in [2.05, 4.69) is 4.98 Å². The van der Waals surface area contributed by atoms with Crippen LogP contribution in [0.5, 0.6) is 0 Å². The Morgan fingerprint density at radius 2 is 2.35 bits per heavy atom. The Morgan fingerprint density at radius 1 is 1.59 bits per heavy atom. The lowest BCUT2D eigenvalue weighted by Gasteiger charge is -2.20. The molecule has 1 fully saturated rings. The summed E-state index contributed by atoms with van der Waals surface area (Å²) in [5, 5.41) is 0. The van der Waals surface area contributed by atoms with E-state index in [-0.39, 0.29) is 11.7 Å². The van der Waals surface area contributed by atoms with E-state index in [4.69, 9.17) is 5.73 Å². The highest BCUT2D eigenvalue weighted by molar-refractivity contribution is 5.96. The molecule has 5 heteroatoms. The van der Waals surface area contributed by atoms with Gasteiger partial charge >= 0.3 is 0 Å². The predicted octanol–water partition coefficient (Wildman–Crippen LogP) is 0.395. The highest BCUT2D eigenvalue weighted by Gasteiger charge is 2.39. The van der Waals surface area contributed by atoms with Gasteiger partial charge in [-0.25, -0.2) is 0 Å². The largest absolute Gasteiger partial charge is 0.369 e. The summed E-state index contributed by atoms with van der Waals surface area (Å²) in [6.07, 6.45) is 2.45. The van der Waals surface area contributed by atoms with Crippen LogP contribution in [-0.4, -0.2) is 41.2 Å². The minimum Gasteiger partial charge on any atom is -0.369 e. The lowest BCUT2D eigenvalue weighted by molar-refractivity contribution is -0.126. The van der Waals surface area contributed by atoms with Gasteiger partial charge in [-0.15, -0.1) is 0 Å². The number of primary amides is 1. The molecule has 3 N–H and O–H groups in total. The summed E-state index contributed by atoms with van der Waals surface area (Å²) in [5.74, 6) is -0.240. The summed E-state index contributed by atoms with van der Waals surface area (Å²) in [6, 6.07) is 3.55. The maximum atomic E-state index is 11.9. The quantitative estimate of drug-likeness (QED) is 0.741. The Balaban J connectivity index is 1.95. The third kappa shape index (κ3) is 2.39. The van der Waals surface area contributed by atoms with Crippen LogP contribution in [-0.2, 0) is 4.79 Å². The molecule has 0 bridgehead atoms. The van der Waals surface area contributed by atoms with Gasteiger partial charge in [0.25, 0.3) is 0 Å². The Kier molecular flexibility index (Phi) is 3.02. The van der Waals surface area contributed by atoms with Gasteiger partial charge in [0.1, 0.15) is 0 Å². The topological polar surface area (TPSA) is 79.2 Å². The van der Waals surface area contributed by atoms with Crippen molar-refractivity contribution >= 4 is 11.7 Å². The third-order valence-electron chi connectivity index (χ3n) is 3.41. The fourth-order valence-corrected chi connectivity index (χ4v) is 2.18. The molecule has 1 aromatic rings. The Hall–Kier alpha value is -1.62. The fourth-order valence-electron chi connectivity index (χ4n) is 2.18. The number of ketones is 1. The van der Waals surface area contributed by atoms with Crippen molar-refractivity contribution in [1.29, 1.82) is 0 Å². The molecular formula is C12H17N3O2. The molecule has 1 amide bonds. The maximum Gasteiger partial charge on any atom is 0.224 e. The molecule has 0 saturated carbocycles. The second-order valence-corrected chi connectivity index (χ2v) is 4.89. The molecule has 0 aromatic carbocycles. The number of rotatable bonds is 4. The van der Waals surface area contributed by atoms with Crippen LogP contribution in [0.25, 0.3) is 0 Å². The number of nitrogens with two attached hydrogens (primary N) is 1. The SMILES string of the molecule is CC1(C(N)=O)CCN(CC(=O)c2ccc[nH]2)C1. The molecule has 1 atom stereocenters. The standard InChI is InChI=1S/C12H17N3O2/c1-12(11(13)17)4-6-15(8-12)7-10(16)9-3-2-5-14-9/h2-3,5,14H,4,6-8H2,1H3,(H2,13,17). The molecule has 1 aliphatic heterocycles. The third-order valence-corrected chi connectivity index (χ3v) is 3.41. The first kappa shape index (κ1) is 11.9. The zero-order valence-corrected chi connectivity index (χ0v) is 9.90. The van der Waals surface area contributed by atoms with E-state index < -0.39 is 5.41 Å². The Labute approximate surface area is 100.0 Å². The molecule has 0 aliphatic carbocycles. The maximum absolute atomic E-state index is 11.9. The number of Topliss-reactive ketones (excluding diaryl/α,β-unsaturated/α-hetero) is 1. The predicted molar refractivity (Wildman–Crippen MR) is 63.5 cm³/mol. The van der Waals surface area contributed by atoms with E-state index in [1.807, 2.05) is 11.8 Å². The normalized spacial score (nSPS) is 25.0. The van der Waals surface area contributed by atoms with Gasteiger partial charge in [-0.2, -0.15) is 0 Å². The van der Waals surface area contributed by atoms with Gasteiger partial charge in [-0.05, 0) is 32.0 Å². The number of nitrogens with zero attached hydrogens (tertiary/aromatic N) is 1. The van der Waals surface area contributed by atoms with Crippen LogP contribution in [0.3, 0.4) is 0 Å². The van der Waals surface area contributed by atoms with Crippen molar-refractivity contribution in [2.45, 2.75) is 13.3 Å². The minimum atomic E-state index is -0.490. The number of carbonyl (C=O) groups is 2. The molecule has 2 rings (SSSR count). The molecule has 1 aromatic heterocycles. The molecule has 0 radical (unpaired) electrons. The summed E-state index contributed by atoms with van der Waals surface area (Å²) in [4.78, 5) is 28.0. The van der Waals surface area contributed by atoms with E-state index in [0.717, 1.165) is 13.0 Å². The zero-order valence-electron chi connectivity index (χ0n) is 9.90. The van der Waals surface area contributed by atoms with Gasteiger partial charge in [0.15, 0.2) is 5.78 Å². The van der Waals surface area contributed by atoms with Crippen LogP contribution < -0.4 is 5.73 Å². The molecular weight excluding hydrogens is 218 g/mol. The zero-order chi connectivity index (χ0) is 12.5. The number of aromatic amines is 1. The average molecular weight is 235 g/mol. The van der Waals surface area contributed by atoms with Gasteiger partial charge in [-0.1, -0.05) is 0 Å². The monoisotopic (exact) mass is 235 g/mol. The van der Waals surface area contributed by atoms with Crippen molar-refractivity contribution < 1.29 is 9.59 Å². The van der Waals surface area contributed by atoms with Crippen LogP contribution in [0.15, 0.2) is 18.3 Å². The van der Waals surface area contributed by atoms with Crippen molar-refractivity contribution in [3.63, 3.8) is 0 Å². The van der Waals surface area contributed by atoms with Gasteiger partial charge in [-0.3, -0.25) is 14.5 Å². The van der Waals surface area contributed by atoms with Crippen molar-refractivity contribution in [1.82, 2.24) is 9.88 Å². The number of likely N-dealkylation sites (tertiary alicyclic amines) is 1. The fraction of sp³-hybridized carbons (Fsp3) is 0.500. The summed E-state index contributed by atoms with van der Waals surface area (Å²) in [6.45, 7) is 3.50. The molecule has 0 spiro atoms. The van der Waals surface area contributed by atoms with Gasteiger partial charge in [0.2, 0.25) is 5.91 Å². The smallest absolute Gasteiger partial charge is 0.224 e. The number of aromatic nitrogens is 1. The number of amides is 1. The van der Waals surface area contributed by atoms with E-state index in [1.54, 1.807) is 18.3 Å². The van der Waals surface area contributed by atoms with Gasteiger partial charge < -0.3 is 10.7 Å². The van der Waals surface area contributed by atoms with Crippen LogP contribution >= 0.6 is 0 Å². The van der Waals surface area contributed by atoms with Crippen LogP contribution in [0, 0.1) is 5.41 Å². The number of carbonyl (C=O) groups excluding carboxylic acids is 2. The molecule has 1 saturated heterocycles. The van der Waals surface area contributed by atoms with Gasteiger partial charge in [0.05, 0.1) is 17.7 Å². The first-order valence-corrected chi connectivity index (χ1v) is 5.70. The van der Waals surface area contributed by atoms with Gasteiger partial charge in [0, 0.05) is 12.7 Å². The van der Waals surface area contributed by atoms with Crippen molar-refractivity contribution in [2.24, 2.45) is 11.1 Å². The number of hydrogen-bond donors (Lipinski definition) is 2. The van der Waals surface area contributed by atoms with E-state index in [1.165, 1.54) is 0 Å². The molecule has 5 nitrogen and oxygen atoms in total.